The third-order valence-electron chi connectivity index (χ3n) is 6.26. The van der Waals surface area contributed by atoms with E-state index in [1.807, 2.05) is 13.8 Å². The maximum Gasteiger partial charge on any atom is 0.226 e. The van der Waals surface area contributed by atoms with Gasteiger partial charge in [-0.3, -0.25) is 9.59 Å². The van der Waals surface area contributed by atoms with E-state index in [1.165, 1.54) is 19.3 Å². The first-order valence-corrected chi connectivity index (χ1v) is 12.9. The largest absolute Gasteiger partial charge is 0.353 e. The number of nitrogens with zero attached hydrogens (tertiary/aromatic N) is 1. The van der Waals surface area contributed by atoms with Crippen LogP contribution in [0, 0.1) is 0 Å². The van der Waals surface area contributed by atoms with Crippen LogP contribution in [0.5, 0.6) is 0 Å². The molecule has 0 aromatic heterocycles. The maximum atomic E-state index is 12.8. The first kappa shape index (κ1) is 22.8. The summed E-state index contributed by atoms with van der Waals surface area (Å²) in [5.74, 6) is -0.335. The Labute approximate surface area is 180 Å². The lowest BCUT2D eigenvalue weighted by Crippen LogP contribution is -2.36. The Morgan fingerprint density at radius 2 is 1.77 bits per heavy atom. The molecule has 1 N–H and O–H groups in total. The average Bonchev–Trinajstić information content (AvgIpc) is 3.02. The first-order valence-electron chi connectivity index (χ1n) is 11.3. The van der Waals surface area contributed by atoms with Crippen LogP contribution in [0.4, 0.5) is 5.69 Å². The van der Waals surface area contributed by atoms with Gasteiger partial charge in [-0.1, -0.05) is 39.0 Å². The number of amides is 2. The van der Waals surface area contributed by atoms with Crippen molar-refractivity contribution in [1.82, 2.24) is 5.32 Å². The highest BCUT2D eigenvalue weighted by Gasteiger charge is 2.31. The highest BCUT2D eigenvalue weighted by Crippen LogP contribution is 2.34. The number of anilines is 1. The number of carbonyl (C=O) groups excluding carboxylic acids is 2. The minimum atomic E-state index is -3.56. The Bertz CT molecular complexity index is 873. The predicted molar refractivity (Wildman–Crippen MR) is 118 cm³/mol. The van der Waals surface area contributed by atoms with Crippen LogP contribution >= 0.6 is 0 Å². The highest BCUT2D eigenvalue weighted by atomic mass is 32.2. The second-order valence-corrected chi connectivity index (χ2v) is 10.7. The molecule has 1 fully saturated rings. The summed E-state index contributed by atoms with van der Waals surface area (Å²) in [6.07, 6.45) is 8.92. The summed E-state index contributed by atoms with van der Waals surface area (Å²) < 4.78 is 25.6. The number of hydrogen-bond donors (Lipinski definition) is 1. The molecule has 1 aromatic carbocycles. The molecule has 1 aromatic rings. The van der Waals surface area contributed by atoms with E-state index in [9.17, 15) is 18.0 Å². The van der Waals surface area contributed by atoms with Gasteiger partial charge in [-0.15, -0.1) is 0 Å². The second kappa shape index (κ2) is 9.94. The molecule has 0 unspecified atom stereocenters. The summed E-state index contributed by atoms with van der Waals surface area (Å²) in [7, 11) is -3.56. The molecule has 3 rings (SSSR count). The Kier molecular flexibility index (Phi) is 7.55. The van der Waals surface area contributed by atoms with Gasteiger partial charge in [0.05, 0.1) is 10.6 Å². The maximum absolute atomic E-state index is 12.8. The van der Waals surface area contributed by atoms with Crippen molar-refractivity contribution in [2.45, 2.75) is 95.0 Å². The minimum absolute atomic E-state index is 0.0211. The quantitative estimate of drug-likeness (QED) is 0.739. The Morgan fingerprint density at radius 3 is 2.43 bits per heavy atom. The van der Waals surface area contributed by atoms with Crippen LogP contribution in [0.2, 0.25) is 0 Å². The van der Waals surface area contributed by atoms with Crippen molar-refractivity contribution in [3.63, 3.8) is 0 Å². The number of nitrogens with one attached hydrogen (secondary N) is 1. The van der Waals surface area contributed by atoms with Gasteiger partial charge in [-0.05, 0) is 49.9 Å². The number of rotatable bonds is 6. The fourth-order valence-electron chi connectivity index (χ4n) is 4.60. The van der Waals surface area contributed by atoms with Crippen LogP contribution in [-0.2, 0) is 25.8 Å². The van der Waals surface area contributed by atoms with E-state index >= 15 is 0 Å². The summed E-state index contributed by atoms with van der Waals surface area (Å²) in [5.41, 5.74) is 1.68. The van der Waals surface area contributed by atoms with Crippen molar-refractivity contribution in [3.05, 3.63) is 23.8 Å². The normalized spacial score (nSPS) is 20.3. The van der Waals surface area contributed by atoms with Crippen molar-refractivity contribution in [3.8, 4) is 0 Å². The van der Waals surface area contributed by atoms with E-state index in [0.717, 1.165) is 36.9 Å². The Hall–Kier alpha value is -1.89. The van der Waals surface area contributed by atoms with Crippen molar-refractivity contribution in [1.29, 1.82) is 0 Å². The average molecular weight is 435 g/mol. The molecular formula is C23H34N2O4S. The van der Waals surface area contributed by atoms with Gasteiger partial charge < -0.3 is 10.2 Å². The van der Waals surface area contributed by atoms with Gasteiger partial charge in [0.15, 0.2) is 9.84 Å². The molecule has 166 valence electrons. The van der Waals surface area contributed by atoms with Gasteiger partial charge in [0.2, 0.25) is 11.8 Å². The predicted octanol–water partition coefficient (Wildman–Crippen LogP) is 3.77. The van der Waals surface area contributed by atoms with E-state index in [0.29, 0.717) is 12.8 Å². The molecule has 30 heavy (non-hydrogen) atoms. The number of sulfone groups is 1. The summed E-state index contributed by atoms with van der Waals surface area (Å²) in [5, 5.41) is 3.04. The van der Waals surface area contributed by atoms with Crippen molar-refractivity contribution >= 4 is 27.3 Å². The molecule has 0 radical (unpaired) electrons. The van der Waals surface area contributed by atoms with Crippen LogP contribution in [0.15, 0.2) is 23.1 Å². The second-order valence-electron chi connectivity index (χ2n) is 8.64. The lowest BCUT2D eigenvalue weighted by atomic mass is 9.97. The zero-order valence-electron chi connectivity index (χ0n) is 18.2. The summed E-state index contributed by atoms with van der Waals surface area (Å²) in [4.78, 5) is 26.6. The molecule has 1 saturated carbocycles. The highest BCUT2D eigenvalue weighted by molar-refractivity contribution is 7.91. The number of carbonyl (C=O) groups is 2. The Morgan fingerprint density at radius 1 is 1.10 bits per heavy atom. The molecule has 1 aliphatic heterocycles. The van der Waals surface area contributed by atoms with Gasteiger partial charge in [-0.2, -0.15) is 0 Å². The fraction of sp³-hybridized carbons (Fsp3) is 0.652. The van der Waals surface area contributed by atoms with E-state index in [4.69, 9.17) is 0 Å². The molecule has 1 atom stereocenters. The summed E-state index contributed by atoms with van der Waals surface area (Å²) in [6, 6.07) is 5.17. The molecular weight excluding hydrogens is 400 g/mol. The Balaban J connectivity index is 1.61. The van der Waals surface area contributed by atoms with Gasteiger partial charge in [0, 0.05) is 30.6 Å². The standard InChI is InChI=1S/C23H34N2O4S/c1-3-23(27)25-17(2)15-18-16-20(11-12-21(18)25)30(28,29)14-13-22(26)24-19-9-7-5-4-6-8-10-19/h11-12,16-17,19H,3-10,13-15H2,1-2H3,(H,24,26)/t17-/m0/s1. The SMILES string of the molecule is CCC(=O)N1c2ccc(S(=O)(=O)CCC(=O)NC3CCCCCCC3)cc2C[C@@H]1C. The summed E-state index contributed by atoms with van der Waals surface area (Å²) >= 11 is 0. The molecule has 1 aliphatic carbocycles. The van der Waals surface area contributed by atoms with Crippen molar-refractivity contribution < 1.29 is 18.0 Å². The molecule has 1 heterocycles. The van der Waals surface area contributed by atoms with Gasteiger partial charge in [0.1, 0.15) is 0 Å². The zero-order chi connectivity index (χ0) is 21.7. The molecule has 0 saturated heterocycles. The van der Waals surface area contributed by atoms with Crippen LogP contribution < -0.4 is 10.2 Å². The topological polar surface area (TPSA) is 83.6 Å². The smallest absolute Gasteiger partial charge is 0.226 e. The molecule has 0 bridgehead atoms. The lowest BCUT2D eigenvalue weighted by molar-refractivity contribution is -0.121. The number of hydrogen-bond acceptors (Lipinski definition) is 4. The number of fused-ring (bicyclic) bond motifs is 1. The van der Waals surface area contributed by atoms with E-state index in [-0.39, 0.29) is 41.0 Å². The molecule has 2 aliphatic rings. The van der Waals surface area contributed by atoms with E-state index in [1.54, 1.807) is 23.1 Å². The molecule has 2 amide bonds. The third kappa shape index (κ3) is 5.42. The van der Waals surface area contributed by atoms with E-state index < -0.39 is 9.84 Å². The van der Waals surface area contributed by atoms with Gasteiger partial charge in [0.25, 0.3) is 0 Å². The molecule has 6 nitrogen and oxygen atoms in total. The minimum Gasteiger partial charge on any atom is -0.353 e. The van der Waals surface area contributed by atoms with Crippen LogP contribution in [-0.4, -0.2) is 38.1 Å². The monoisotopic (exact) mass is 434 g/mol. The number of benzene rings is 1. The van der Waals surface area contributed by atoms with Crippen LogP contribution in [0.3, 0.4) is 0 Å². The third-order valence-corrected chi connectivity index (χ3v) is 7.98. The van der Waals surface area contributed by atoms with Crippen LogP contribution in [0.25, 0.3) is 0 Å². The zero-order valence-corrected chi connectivity index (χ0v) is 19.0. The first-order chi connectivity index (χ1) is 14.3. The van der Waals surface area contributed by atoms with Gasteiger partial charge >= 0.3 is 0 Å². The van der Waals surface area contributed by atoms with Crippen molar-refractivity contribution in [2.24, 2.45) is 0 Å². The van der Waals surface area contributed by atoms with E-state index in [2.05, 4.69) is 5.32 Å². The molecule has 0 spiro atoms. The van der Waals surface area contributed by atoms with Crippen molar-refractivity contribution in [2.75, 3.05) is 10.7 Å². The van der Waals surface area contributed by atoms with Gasteiger partial charge in [-0.25, -0.2) is 8.42 Å². The molecule has 7 heteroatoms. The van der Waals surface area contributed by atoms with Crippen LogP contribution in [0.1, 0.15) is 77.2 Å². The fourth-order valence-corrected chi connectivity index (χ4v) is 5.88. The summed E-state index contributed by atoms with van der Waals surface area (Å²) in [6.45, 7) is 3.80. The lowest BCUT2D eigenvalue weighted by Gasteiger charge is -2.22.